The van der Waals surface area contributed by atoms with Gasteiger partial charge in [-0.3, -0.25) is 4.90 Å². The van der Waals surface area contributed by atoms with Crippen molar-refractivity contribution in [2.75, 3.05) is 33.4 Å². The Bertz CT molecular complexity index is 212. The molecule has 4 heteroatoms. The second kappa shape index (κ2) is 3.77. The fourth-order valence-electron chi connectivity index (χ4n) is 2.30. The van der Waals surface area contributed by atoms with E-state index >= 15 is 0 Å². The molecule has 3 atom stereocenters. The molecule has 0 spiro atoms. The topological polar surface area (TPSA) is 41.9 Å². The Hall–Kier alpha value is -0.160. The van der Waals surface area contributed by atoms with Gasteiger partial charge in [0, 0.05) is 20.2 Å². The summed E-state index contributed by atoms with van der Waals surface area (Å²) in [4.78, 5) is 2.28. The van der Waals surface area contributed by atoms with Crippen molar-refractivity contribution in [3.05, 3.63) is 0 Å². The van der Waals surface area contributed by atoms with Crippen molar-refractivity contribution in [2.45, 2.75) is 31.1 Å². The monoisotopic (exact) mass is 201 g/mol. The van der Waals surface area contributed by atoms with Gasteiger partial charge in [0.15, 0.2) is 0 Å². The standard InChI is InChI=1S/C10H19NO3/c1-10(13-2)3-4-11(7-10)8-5-14-6-9(8)12/h8-9,12H,3-7H2,1-2H3. The molecule has 0 aromatic carbocycles. The predicted molar refractivity (Wildman–Crippen MR) is 52.2 cm³/mol. The summed E-state index contributed by atoms with van der Waals surface area (Å²) in [5.74, 6) is 0. The summed E-state index contributed by atoms with van der Waals surface area (Å²) < 4.78 is 10.7. The van der Waals surface area contributed by atoms with Gasteiger partial charge in [-0.25, -0.2) is 0 Å². The van der Waals surface area contributed by atoms with E-state index in [0.717, 1.165) is 19.5 Å². The summed E-state index contributed by atoms with van der Waals surface area (Å²) in [6.07, 6.45) is 0.710. The molecule has 2 rings (SSSR count). The lowest BCUT2D eigenvalue weighted by Crippen LogP contribution is -2.43. The summed E-state index contributed by atoms with van der Waals surface area (Å²) in [6, 6.07) is 0.173. The van der Waals surface area contributed by atoms with Crippen molar-refractivity contribution in [3.8, 4) is 0 Å². The highest BCUT2D eigenvalue weighted by atomic mass is 16.5. The molecule has 0 saturated carbocycles. The molecule has 0 aliphatic carbocycles. The van der Waals surface area contributed by atoms with Crippen LogP contribution in [-0.2, 0) is 9.47 Å². The number of aliphatic hydroxyl groups is 1. The fraction of sp³-hybridized carbons (Fsp3) is 1.00. The van der Waals surface area contributed by atoms with E-state index in [1.807, 2.05) is 0 Å². The average molecular weight is 201 g/mol. The minimum atomic E-state index is -0.325. The van der Waals surface area contributed by atoms with Crippen LogP contribution in [0.2, 0.25) is 0 Å². The van der Waals surface area contributed by atoms with E-state index in [1.165, 1.54) is 0 Å². The van der Waals surface area contributed by atoms with Crippen molar-refractivity contribution >= 4 is 0 Å². The van der Waals surface area contributed by atoms with E-state index in [-0.39, 0.29) is 17.7 Å². The molecule has 2 aliphatic rings. The number of methoxy groups -OCH3 is 1. The minimum Gasteiger partial charge on any atom is -0.389 e. The van der Waals surface area contributed by atoms with Crippen molar-refractivity contribution < 1.29 is 14.6 Å². The molecule has 2 saturated heterocycles. The van der Waals surface area contributed by atoms with Gasteiger partial charge in [0.05, 0.1) is 31.0 Å². The Morgan fingerprint density at radius 1 is 1.50 bits per heavy atom. The van der Waals surface area contributed by atoms with Gasteiger partial charge in [-0.05, 0) is 13.3 Å². The number of ether oxygens (including phenoxy) is 2. The lowest BCUT2D eigenvalue weighted by atomic mass is 10.1. The number of hydrogen-bond acceptors (Lipinski definition) is 4. The van der Waals surface area contributed by atoms with E-state index in [1.54, 1.807) is 7.11 Å². The van der Waals surface area contributed by atoms with E-state index in [4.69, 9.17) is 9.47 Å². The molecule has 0 amide bonds. The summed E-state index contributed by atoms with van der Waals surface area (Å²) in [6.45, 7) is 5.14. The molecule has 0 aromatic rings. The van der Waals surface area contributed by atoms with Crippen LogP contribution in [-0.4, -0.2) is 61.2 Å². The van der Waals surface area contributed by atoms with Crippen molar-refractivity contribution in [2.24, 2.45) is 0 Å². The van der Waals surface area contributed by atoms with Crippen LogP contribution in [0.1, 0.15) is 13.3 Å². The number of likely N-dealkylation sites (tertiary alicyclic amines) is 1. The molecule has 14 heavy (non-hydrogen) atoms. The first-order valence-electron chi connectivity index (χ1n) is 5.20. The molecule has 0 aromatic heterocycles. The van der Waals surface area contributed by atoms with Crippen molar-refractivity contribution in [1.82, 2.24) is 4.90 Å². The number of nitrogens with zero attached hydrogens (tertiary/aromatic N) is 1. The maximum Gasteiger partial charge on any atom is 0.0950 e. The highest BCUT2D eigenvalue weighted by Crippen LogP contribution is 2.27. The largest absolute Gasteiger partial charge is 0.389 e. The molecule has 4 nitrogen and oxygen atoms in total. The molecule has 2 aliphatic heterocycles. The summed E-state index contributed by atoms with van der Waals surface area (Å²) in [7, 11) is 1.76. The van der Waals surface area contributed by atoms with Crippen LogP contribution in [0, 0.1) is 0 Å². The molecule has 0 bridgehead atoms. The van der Waals surface area contributed by atoms with E-state index < -0.39 is 0 Å². The molecule has 82 valence electrons. The number of aliphatic hydroxyl groups excluding tert-OH is 1. The Morgan fingerprint density at radius 2 is 2.29 bits per heavy atom. The van der Waals surface area contributed by atoms with Gasteiger partial charge in [-0.15, -0.1) is 0 Å². The quantitative estimate of drug-likeness (QED) is 0.675. The van der Waals surface area contributed by atoms with Crippen molar-refractivity contribution in [1.29, 1.82) is 0 Å². The first kappa shape index (κ1) is 10.4. The second-order valence-electron chi connectivity index (χ2n) is 4.55. The molecule has 0 radical (unpaired) electrons. The summed E-state index contributed by atoms with van der Waals surface area (Å²) >= 11 is 0. The normalized spacial score (nSPS) is 44.8. The first-order chi connectivity index (χ1) is 6.64. The van der Waals surface area contributed by atoms with Crippen LogP contribution in [0.25, 0.3) is 0 Å². The summed E-state index contributed by atoms with van der Waals surface area (Å²) in [5, 5.41) is 9.68. The highest BCUT2D eigenvalue weighted by molar-refractivity contribution is 4.94. The first-order valence-corrected chi connectivity index (χ1v) is 5.20. The summed E-state index contributed by atoms with van der Waals surface area (Å²) in [5.41, 5.74) is -0.0394. The van der Waals surface area contributed by atoms with Gasteiger partial charge in [-0.1, -0.05) is 0 Å². The van der Waals surface area contributed by atoms with Gasteiger partial charge >= 0.3 is 0 Å². The van der Waals surface area contributed by atoms with Crippen LogP contribution in [0.5, 0.6) is 0 Å². The third-order valence-electron chi connectivity index (χ3n) is 3.45. The second-order valence-corrected chi connectivity index (χ2v) is 4.55. The maximum atomic E-state index is 9.68. The lowest BCUT2D eigenvalue weighted by molar-refractivity contribution is 0.00504. The van der Waals surface area contributed by atoms with Gasteiger partial charge in [0.2, 0.25) is 0 Å². The van der Waals surface area contributed by atoms with Crippen LogP contribution in [0.15, 0.2) is 0 Å². The Kier molecular flexibility index (Phi) is 2.79. The predicted octanol–water partition coefficient (Wildman–Crippen LogP) is -0.143. The Balaban J connectivity index is 1.95. The fourth-order valence-corrected chi connectivity index (χ4v) is 2.30. The third-order valence-corrected chi connectivity index (χ3v) is 3.45. The van der Waals surface area contributed by atoms with Crippen molar-refractivity contribution in [3.63, 3.8) is 0 Å². The zero-order valence-corrected chi connectivity index (χ0v) is 8.90. The van der Waals surface area contributed by atoms with E-state index in [0.29, 0.717) is 13.2 Å². The Morgan fingerprint density at radius 3 is 2.79 bits per heavy atom. The maximum absolute atomic E-state index is 9.68. The number of hydrogen-bond donors (Lipinski definition) is 1. The molecular formula is C10H19NO3. The zero-order valence-electron chi connectivity index (χ0n) is 8.90. The van der Waals surface area contributed by atoms with Gasteiger partial charge < -0.3 is 14.6 Å². The van der Waals surface area contributed by atoms with Gasteiger partial charge in [0.1, 0.15) is 0 Å². The van der Waals surface area contributed by atoms with Crippen LogP contribution in [0.3, 0.4) is 0 Å². The van der Waals surface area contributed by atoms with Crippen LogP contribution in [0.4, 0.5) is 0 Å². The van der Waals surface area contributed by atoms with Gasteiger partial charge in [0.25, 0.3) is 0 Å². The third kappa shape index (κ3) is 1.80. The SMILES string of the molecule is COC1(C)CCN(C2COCC2O)C1. The van der Waals surface area contributed by atoms with Gasteiger partial charge in [-0.2, -0.15) is 0 Å². The Labute approximate surface area is 84.8 Å². The van der Waals surface area contributed by atoms with Crippen LogP contribution >= 0.6 is 0 Å². The highest BCUT2D eigenvalue weighted by Gasteiger charge is 2.40. The van der Waals surface area contributed by atoms with E-state index in [2.05, 4.69) is 11.8 Å². The molecular weight excluding hydrogens is 182 g/mol. The lowest BCUT2D eigenvalue weighted by Gasteiger charge is -2.27. The molecule has 2 heterocycles. The number of rotatable bonds is 2. The molecule has 2 fully saturated rings. The molecule has 1 N–H and O–H groups in total. The minimum absolute atomic E-state index is 0.0394. The zero-order chi connectivity index (χ0) is 10.2. The smallest absolute Gasteiger partial charge is 0.0950 e. The molecule has 3 unspecified atom stereocenters. The van der Waals surface area contributed by atoms with E-state index in [9.17, 15) is 5.11 Å². The van der Waals surface area contributed by atoms with Crippen LogP contribution < -0.4 is 0 Å². The average Bonchev–Trinajstić information content (AvgIpc) is 2.73.